The molecule has 0 unspecified atom stereocenters. The minimum atomic E-state index is -0.0809. The summed E-state index contributed by atoms with van der Waals surface area (Å²) in [4.78, 5) is 16.5. The number of fused-ring (bicyclic) bond motifs is 1. The maximum Gasteiger partial charge on any atom is 0.183 e. The summed E-state index contributed by atoms with van der Waals surface area (Å²) in [5, 5.41) is 7.98. The van der Waals surface area contributed by atoms with Crippen molar-refractivity contribution in [1.82, 2.24) is 9.61 Å². The number of hydrogen-bond acceptors (Lipinski definition) is 5. The summed E-state index contributed by atoms with van der Waals surface area (Å²) < 4.78 is 2.64. The first-order valence-corrected chi connectivity index (χ1v) is 8.55. The van der Waals surface area contributed by atoms with E-state index in [1.165, 1.54) is 6.08 Å². The van der Waals surface area contributed by atoms with Crippen molar-refractivity contribution >= 4 is 28.5 Å². The monoisotopic (exact) mass is 388 g/mol. The van der Waals surface area contributed by atoms with Gasteiger partial charge >= 0.3 is 0 Å². The number of nitrogens with two attached hydrogens (primary N) is 1. The number of aromatic nitrogens is 2. The molecule has 0 amide bonds. The molecule has 0 fully saturated rings. The summed E-state index contributed by atoms with van der Waals surface area (Å²) in [6.45, 7) is 3.47. The zero-order chi connectivity index (χ0) is 18.9. The van der Waals surface area contributed by atoms with Crippen LogP contribution in [0.15, 0.2) is 52.8 Å². The summed E-state index contributed by atoms with van der Waals surface area (Å²) >= 11 is 0. The SMILES string of the molecule is CC1=CC(=Nc2c(NCC[N+](C)(C)C)nn3ccccc23)C(N)=CC1=O.[Cl-]. The van der Waals surface area contributed by atoms with Crippen LogP contribution in [0, 0.1) is 0 Å². The van der Waals surface area contributed by atoms with E-state index in [1.54, 1.807) is 17.5 Å². The fourth-order valence-corrected chi connectivity index (χ4v) is 2.63. The van der Waals surface area contributed by atoms with E-state index < -0.39 is 0 Å². The quantitative estimate of drug-likeness (QED) is 0.503. The highest BCUT2D eigenvalue weighted by atomic mass is 35.5. The number of likely N-dealkylation sites (N-methyl/N-ethyl adjacent to an activating group) is 1. The lowest BCUT2D eigenvalue weighted by Crippen LogP contribution is -3.00. The number of rotatable bonds is 5. The predicted octanol–water partition coefficient (Wildman–Crippen LogP) is -1.10. The Morgan fingerprint density at radius 2 is 2.00 bits per heavy atom. The first kappa shape index (κ1) is 20.7. The normalized spacial score (nSPS) is 16.1. The third-order valence-electron chi connectivity index (χ3n) is 4.15. The second kappa shape index (κ2) is 7.94. The summed E-state index contributed by atoms with van der Waals surface area (Å²) in [7, 11) is 6.43. The summed E-state index contributed by atoms with van der Waals surface area (Å²) in [6, 6.07) is 5.83. The topological polar surface area (TPSA) is 84.8 Å². The molecule has 2 aromatic heterocycles. The molecule has 2 heterocycles. The Morgan fingerprint density at radius 3 is 2.70 bits per heavy atom. The molecule has 0 aliphatic heterocycles. The Balaban J connectivity index is 0.00000261. The minimum Gasteiger partial charge on any atom is -1.00 e. The molecule has 0 spiro atoms. The maximum absolute atomic E-state index is 11.8. The molecule has 0 saturated heterocycles. The van der Waals surface area contributed by atoms with Crippen molar-refractivity contribution in [2.75, 3.05) is 39.5 Å². The zero-order valence-corrected chi connectivity index (χ0v) is 16.8. The molecule has 2 aromatic rings. The summed E-state index contributed by atoms with van der Waals surface area (Å²) in [5.41, 5.74) is 9.18. The van der Waals surface area contributed by atoms with Crippen LogP contribution in [-0.2, 0) is 4.79 Å². The maximum atomic E-state index is 11.8. The van der Waals surface area contributed by atoms with Gasteiger partial charge in [0.25, 0.3) is 0 Å². The van der Waals surface area contributed by atoms with Crippen LogP contribution in [0.2, 0.25) is 0 Å². The van der Waals surface area contributed by atoms with Crippen molar-refractivity contribution in [3.63, 3.8) is 0 Å². The lowest BCUT2D eigenvalue weighted by Gasteiger charge is -2.23. The van der Waals surface area contributed by atoms with Crippen molar-refractivity contribution in [3.8, 4) is 0 Å². The standard InChI is InChI=1S/C19H24N6O.ClH/c1-13-11-15(14(20)12-17(13)26)22-18-16-7-5-6-9-24(16)23-19(18)21-8-10-25(2,3)4;/h5-7,9,11-12H,8,10H2,1-4H3,(H2-,20,21,23,26);1H. The second-order valence-corrected chi connectivity index (χ2v) is 7.46. The molecule has 144 valence electrons. The van der Waals surface area contributed by atoms with Gasteiger partial charge in [0.15, 0.2) is 11.6 Å². The number of anilines is 1. The first-order chi connectivity index (χ1) is 12.2. The lowest BCUT2D eigenvalue weighted by atomic mass is 10.0. The number of aliphatic imine (C=N–C) groups is 1. The Labute approximate surface area is 165 Å². The van der Waals surface area contributed by atoms with Crippen molar-refractivity contribution in [2.24, 2.45) is 10.7 Å². The van der Waals surface area contributed by atoms with E-state index in [9.17, 15) is 4.79 Å². The van der Waals surface area contributed by atoms with E-state index in [1.807, 2.05) is 24.4 Å². The highest BCUT2D eigenvalue weighted by molar-refractivity contribution is 6.22. The lowest BCUT2D eigenvalue weighted by molar-refractivity contribution is -0.868. The average molecular weight is 389 g/mol. The fourth-order valence-electron chi connectivity index (χ4n) is 2.63. The van der Waals surface area contributed by atoms with E-state index in [0.29, 0.717) is 22.8 Å². The molecule has 0 radical (unpaired) electrons. The van der Waals surface area contributed by atoms with Gasteiger partial charge in [0.05, 0.1) is 51.2 Å². The number of carbonyl (C=O) groups excluding carboxylic acids is 1. The number of nitrogens with zero attached hydrogens (tertiary/aromatic N) is 4. The third kappa shape index (κ3) is 4.75. The van der Waals surface area contributed by atoms with Crippen molar-refractivity contribution < 1.29 is 21.7 Å². The van der Waals surface area contributed by atoms with Gasteiger partial charge in [0.2, 0.25) is 0 Å². The Kier molecular flexibility index (Phi) is 6.08. The molecule has 0 bridgehead atoms. The van der Waals surface area contributed by atoms with Crippen LogP contribution in [0.5, 0.6) is 0 Å². The van der Waals surface area contributed by atoms with Crippen LogP contribution in [-0.4, -0.2) is 59.8 Å². The van der Waals surface area contributed by atoms with Crippen molar-refractivity contribution in [1.29, 1.82) is 0 Å². The highest BCUT2D eigenvalue weighted by Crippen LogP contribution is 2.30. The highest BCUT2D eigenvalue weighted by Gasteiger charge is 2.17. The number of allylic oxidation sites excluding steroid dienone is 3. The molecule has 0 saturated carbocycles. The van der Waals surface area contributed by atoms with Gasteiger partial charge in [-0.15, -0.1) is 5.10 Å². The summed E-state index contributed by atoms with van der Waals surface area (Å²) in [5.74, 6) is 0.621. The smallest absolute Gasteiger partial charge is 0.183 e. The zero-order valence-electron chi connectivity index (χ0n) is 16.0. The van der Waals surface area contributed by atoms with Crippen molar-refractivity contribution in [2.45, 2.75) is 6.92 Å². The van der Waals surface area contributed by atoms with Gasteiger partial charge in [-0.25, -0.2) is 9.51 Å². The molecule has 1 aliphatic rings. The predicted molar refractivity (Wildman–Crippen MR) is 105 cm³/mol. The number of halogens is 1. The Hall–Kier alpha value is -2.64. The number of carbonyl (C=O) groups is 1. The van der Waals surface area contributed by atoms with Gasteiger partial charge in [-0.2, -0.15) is 0 Å². The van der Waals surface area contributed by atoms with Gasteiger partial charge in [-0.1, -0.05) is 6.07 Å². The van der Waals surface area contributed by atoms with Crippen LogP contribution in [0.4, 0.5) is 11.5 Å². The molecular formula is C19H25ClN6O. The number of hydrogen-bond donors (Lipinski definition) is 2. The van der Waals surface area contributed by atoms with Gasteiger partial charge in [0, 0.05) is 12.3 Å². The van der Waals surface area contributed by atoms with E-state index in [-0.39, 0.29) is 18.2 Å². The number of ketones is 1. The largest absolute Gasteiger partial charge is 1.00 e. The van der Waals surface area contributed by atoms with Crippen LogP contribution in [0.1, 0.15) is 6.92 Å². The van der Waals surface area contributed by atoms with Crippen LogP contribution in [0.3, 0.4) is 0 Å². The van der Waals surface area contributed by atoms with Crippen LogP contribution < -0.4 is 23.5 Å². The Bertz CT molecular complexity index is 949. The number of nitrogens with one attached hydrogen (secondary N) is 1. The molecule has 8 heteroatoms. The first-order valence-electron chi connectivity index (χ1n) is 8.55. The minimum absolute atomic E-state index is 0. The molecule has 0 aromatic carbocycles. The number of pyridine rings is 1. The van der Waals surface area contributed by atoms with Crippen molar-refractivity contribution in [3.05, 3.63) is 47.8 Å². The summed E-state index contributed by atoms with van der Waals surface area (Å²) in [6.07, 6.45) is 5.03. The van der Waals surface area contributed by atoms with Gasteiger partial charge < -0.3 is 27.9 Å². The van der Waals surface area contributed by atoms with E-state index in [4.69, 9.17) is 10.7 Å². The van der Waals surface area contributed by atoms with E-state index >= 15 is 0 Å². The van der Waals surface area contributed by atoms with E-state index in [2.05, 4.69) is 31.6 Å². The molecule has 27 heavy (non-hydrogen) atoms. The average Bonchev–Trinajstić information content (AvgIpc) is 2.89. The molecule has 0 atom stereocenters. The molecule has 3 rings (SSSR count). The number of quaternary nitrogens is 1. The molecule has 7 nitrogen and oxygen atoms in total. The Morgan fingerprint density at radius 1 is 1.26 bits per heavy atom. The fraction of sp³-hybridized carbons (Fsp3) is 0.316. The van der Waals surface area contributed by atoms with E-state index in [0.717, 1.165) is 28.8 Å². The molecule has 3 N–H and O–H groups in total. The third-order valence-corrected chi connectivity index (χ3v) is 4.15. The molecular weight excluding hydrogens is 364 g/mol. The van der Waals surface area contributed by atoms with Gasteiger partial charge in [-0.05, 0) is 30.7 Å². The van der Waals surface area contributed by atoms with Crippen LogP contribution >= 0.6 is 0 Å². The van der Waals surface area contributed by atoms with Crippen LogP contribution in [0.25, 0.3) is 5.52 Å². The van der Waals surface area contributed by atoms with Gasteiger partial charge in [-0.3, -0.25) is 4.79 Å². The second-order valence-electron chi connectivity index (χ2n) is 7.46. The van der Waals surface area contributed by atoms with Gasteiger partial charge in [0.1, 0.15) is 5.69 Å². The molecule has 1 aliphatic carbocycles.